The largest absolute Gasteiger partial charge is 0.497 e. The SMILES string of the molecule is CCCCc1ncc(C=C(Cc2ccc(OC)cc2)C(=O)O)n1Cc1ccc(-c2ccccc2)cc1. The molecule has 0 unspecified atom stereocenters. The normalized spacial score (nSPS) is 11.4. The molecular formula is C31H32N2O3. The van der Waals surface area contributed by atoms with Gasteiger partial charge in [-0.2, -0.15) is 0 Å². The van der Waals surface area contributed by atoms with E-state index in [1.165, 1.54) is 11.1 Å². The number of carboxylic acid groups (broad SMARTS) is 1. The number of hydrogen-bond acceptors (Lipinski definition) is 3. The van der Waals surface area contributed by atoms with Crippen molar-refractivity contribution in [2.24, 2.45) is 0 Å². The maximum absolute atomic E-state index is 12.1. The van der Waals surface area contributed by atoms with Crippen LogP contribution in [0.4, 0.5) is 0 Å². The van der Waals surface area contributed by atoms with Crippen LogP contribution < -0.4 is 4.74 Å². The van der Waals surface area contributed by atoms with Gasteiger partial charge < -0.3 is 14.4 Å². The van der Waals surface area contributed by atoms with Gasteiger partial charge >= 0.3 is 5.97 Å². The number of aliphatic carboxylic acids is 1. The monoisotopic (exact) mass is 480 g/mol. The number of hydrogen-bond donors (Lipinski definition) is 1. The predicted molar refractivity (Wildman–Crippen MR) is 144 cm³/mol. The number of imidazole rings is 1. The van der Waals surface area contributed by atoms with Crippen LogP contribution in [0.25, 0.3) is 17.2 Å². The third-order valence-electron chi connectivity index (χ3n) is 6.28. The van der Waals surface area contributed by atoms with Crippen LogP contribution in [0.2, 0.25) is 0 Å². The van der Waals surface area contributed by atoms with E-state index >= 15 is 0 Å². The maximum atomic E-state index is 12.1. The molecule has 0 saturated carbocycles. The van der Waals surface area contributed by atoms with E-state index in [2.05, 4.69) is 52.9 Å². The summed E-state index contributed by atoms with van der Waals surface area (Å²) in [4.78, 5) is 16.8. The molecule has 0 aliphatic heterocycles. The minimum atomic E-state index is -0.930. The Morgan fingerprint density at radius 1 is 0.944 bits per heavy atom. The zero-order valence-corrected chi connectivity index (χ0v) is 20.9. The van der Waals surface area contributed by atoms with Crippen molar-refractivity contribution in [1.29, 1.82) is 0 Å². The molecule has 5 nitrogen and oxygen atoms in total. The number of unbranched alkanes of at least 4 members (excludes halogenated alkanes) is 1. The molecule has 5 heteroatoms. The molecule has 3 aromatic carbocycles. The fraction of sp³-hybridized carbons (Fsp3) is 0.226. The molecule has 184 valence electrons. The molecule has 0 aliphatic carbocycles. The first-order valence-electron chi connectivity index (χ1n) is 12.3. The summed E-state index contributed by atoms with van der Waals surface area (Å²) in [5.41, 5.74) is 5.54. The molecule has 1 aromatic heterocycles. The number of rotatable bonds is 11. The van der Waals surface area contributed by atoms with E-state index in [0.717, 1.165) is 47.7 Å². The van der Waals surface area contributed by atoms with Crippen LogP contribution in [0.3, 0.4) is 0 Å². The molecule has 0 spiro atoms. The molecule has 0 radical (unpaired) electrons. The maximum Gasteiger partial charge on any atom is 0.331 e. The third kappa shape index (κ3) is 6.30. The second-order valence-corrected chi connectivity index (χ2v) is 8.85. The van der Waals surface area contributed by atoms with Gasteiger partial charge in [-0.1, -0.05) is 80.1 Å². The van der Waals surface area contributed by atoms with Crippen LogP contribution in [0.15, 0.2) is 90.6 Å². The Kier molecular flexibility index (Phi) is 8.35. The zero-order chi connectivity index (χ0) is 25.3. The number of carbonyl (C=O) groups is 1. The molecule has 0 aliphatic rings. The Morgan fingerprint density at radius 3 is 2.25 bits per heavy atom. The van der Waals surface area contributed by atoms with Crippen molar-refractivity contribution in [1.82, 2.24) is 9.55 Å². The summed E-state index contributed by atoms with van der Waals surface area (Å²) < 4.78 is 7.36. The second-order valence-electron chi connectivity index (χ2n) is 8.85. The van der Waals surface area contributed by atoms with Crippen LogP contribution in [0.1, 0.15) is 42.4 Å². The Morgan fingerprint density at radius 2 is 1.61 bits per heavy atom. The van der Waals surface area contributed by atoms with Gasteiger partial charge in [0.25, 0.3) is 0 Å². The summed E-state index contributed by atoms with van der Waals surface area (Å²) in [6.07, 6.45) is 6.83. The number of benzene rings is 3. The van der Waals surface area contributed by atoms with Crippen molar-refractivity contribution in [3.8, 4) is 16.9 Å². The lowest BCUT2D eigenvalue weighted by Gasteiger charge is -2.12. The standard InChI is InChI=1S/C31H32N2O3/c1-3-4-10-30-32-21-28(20-27(31(34)35)19-23-13-17-29(36-2)18-14-23)33(30)22-24-11-15-26(16-12-24)25-8-6-5-7-9-25/h5-9,11-18,20-21H,3-4,10,19,22H2,1-2H3,(H,34,35). The van der Waals surface area contributed by atoms with Gasteiger partial charge in [0.1, 0.15) is 11.6 Å². The van der Waals surface area contributed by atoms with Gasteiger partial charge in [-0.25, -0.2) is 9.78 Å². The van der Waals surface area contributed by atoms with Gasteiger partial charge in [0.05, 0.1) is 19.0 Å². The summed E-state index contributed by atoms with van der Waals surface area (Å²) in [6, 6.07) is 26.3. The van der Waals surface area contributed by atoms with E-state index in [9.17, 15) is 9.90 Å². The lowest BCUT2D eigenvalue weighted by molar-refractivity contribution is -0.132. The van der Waals surface area contributed by atoms with E-state index in [-0.39, 0.29) is 0 Å². The number of nitrogens with zero attached hydrogens (tertiary/aromatic N) is 2. The van der Waals surface area contributed by atoms with Crippen LogP contribution >= 0.6 is 0 Å². The lowest BCUT2D eigenvalue weighted by Crippen LogP contribution is -2.09. The molecule has 36 heavy (non-hydrogen) atoms. The first-order chi connectivity index (χ1) is 17.6. The highest BCUT2D eigenvalue weighted by molar-refractivity contribution is 5.92. The summed E-state index contributed by atoms with van der Waals surface area (Å²) in [7, 11) is 1.62. The van der Waals surface area contributed by atoms with Crippen LogP contribution in [0.5, 0.6) is 5.75 Å². The van der Waals surface area contributed by atoms with Gasteiger partial charge in [0, 0.05) is 25.0 Å². The van der Waals surface area contributed by atoms with E-state index < -0.39 is 5.97 Å². The van der Waals surface area contributed by atoms with Crippen LogP contribution in [-0.2, 0) is 24.2 Å². The highest BCUT2D eigenvalue weighted by Crippen LogP contribution is 2.22. The van der Waals surface area contributed by atoms with Crippen molar-refractivity contribution in [3.05, 3.63) is 113 Å². The summed E-state index contributed by atoms with van der Waals surface area (Å²) >= 11 is 0. The van der Waals surface area contributed by atoms with Crippen molar-refractivity contribution in [2.75, 3.05) is 7.11 Å². The molecule has 1 heterocycles. The fourth-order valence-corrected chi connectivity index (χ4v) is 4.21. The van der Waals surface area contributed by atoms with E-state index in [1.54, 1.807) is 19.4 Å². The van der Waals surface area contributed by atoms with Gasteiger partial charge in [-0.05, 0) is 46.9 Å². The summed E-state index contributed by atoms with van der Waals surface area (Å²) in [5.74, 6) is 0.793. The summed E-state index contributed by atoms with van der Waals surface area (Å²) in [5, 5.41) is 9.94. The van der Waals surface area contributed by atoms with Gasteiger partial charge in [-0.3, -0.25) is 0 Å². The molecule has 0 atom stereocenters. The molecule has 0 saturated heterocycles. The molecule has 0 bridgehead atoms. The second kappa shape index (κ2) is 12.0. The van der Waals surface area contributed by atoms with E-state index in [1.807, 2.05) is 42.5 Å². The van der Waals surface area contributed by atoms with E-state index in [4.69, 9.17) is 4.74 Å². The Hall–Kier alpha value is -4.12. The van der Waals surface area contributed by atoms with Gasteiger partial charge in [-0.15, -0.1) is 0 Å². The minimum Gasteiger partial charge on any atom is -0.497 e. The fourth-order valence-electron chi connectivity index (χ4n) is 4.21. The zero-order valence-electron chi connectivity index (χ0n) is 20.9. The average molecular weight is 481 g/mol. The first kappa shape index (κ1) is 25.0. The van der Waals surface area contributed by atoms with Crippen molar-refractivity contribution < 1.29 is 14.6 Å². The Labute approximate surface area is 212 Å². The minimum absolute atomic E-state index is 0.320. The first-order valence-corrected chi connectivity index (χ1v) is 12.3. The Balaban J connectivity index is 1.62. The number of aromatic nitrogens is 2. The van der Waals surface area contributed by atoms with Gasteiger partial charge in [0.15, 0.2) is 0 Å². The van der Waals surface area contributed by atoms with E-state index in [0.29, 0.717) is 18.5 Å². The molecule has 4 rings (SSSR count). The third-order valence-corrected chi connectivity index (χ3v) is 6.28. The van der Waals surface area contributed by atoms with Crippen LogP contribution in [-0.4, -0.2) is 27.7 Å². The lowest BCUT2D eigenvalue weighted by atomic mass is 10.0. The molecular weight excluding hydrogens is 448 g/mol. The number of ether oxygens (including phenoxy) is 1. The number of aryl methyl sites for hydroxylation is 1. The highest BCUT2D eigenvalue weighted by atomic mass is 16.5. The van der Waals surface area contributed by atoms with Gasteiger partial charge in [0.2, 0.25) is 0 Å². The Bertz CT molecular complexity index is 1300. The van der Waals surface area contributed by atoms with Crippen molar-refractivity contribution >= 4 is 12.0 Å². The predicted octanol–water partition coefficient (Wildman–Crippen LogP) is 6.66. The molecule has 1 N–H and O–H groups in total. The summed E-state index contributed by atoms with van der Waals surface area (Å²) in [6.45, 7) is 2.79. The van der Waals surface area contributed by atoms with Crippen molar-refractivity contribution in [2.45, 2.75) is 39.2 Å². The molecule has 0 amide bonds. The smallest absolute Gasteiger partial charge is 0.331 e. The quantitative estimate of drug-likeness (QED) is 0.244. The number of carboxylic acids is 1. The molecule has 4 aromatic rings. The topological polar surface area (TPSA) is 64.3 Å². The highest BCUT2D eigenvalue weighted by Gasteiger charge is 2.14. The number of methoxy groups -OCH3 is 1. The van der Waals surface area contributed by atoms with Crippen LogP contribution in [0, 0.1) is 0 Å². The average Bonchev–Trinajstić information content (AvgIpc) is 3.29. The molecule has 0 fully saturated rings. The van der Waals surface area contributed by atoms with Crippen molar-refractivity contribution in [3.63, 3.8) is 0 Å².